The van der Waals surface area contributed by atoms with Crippen molar-refractivity contribution in [3.05, 3.63) is 21.9 Å². The molecule has 1 aromatic heterocycles. The first-order valence-electron chi connectivity index (χ1n) is 6.36. The molecule has 2 heterocycles. The summed E-state index contributed by atoms with van der Waals surface area (Å²) in [6, 6.07) is 5.35. The van der Waals surface area contributed by atoms with Crippen molar-refractivity contribution in [1.82, 2.24) is 10.2 Å². The highest BCUT2D eigenvalue weighted by Crippen LogP contribution is 2.46. The fourth-order valence-electron chi connectivity index (χ4n) is 2.70. The summed E-state index contributed by atoms with van der Waals surface area (Å²) in [6.07, 6.45) is 2.87. The molecule has 1 saturated carbocycles. The maximum Gasteiger partial charge on any atom is 0.0470 e. The van der Waals surface area contributed by atoms with Gasteiger partial charge in [-0.15, -0.1) is 11.3 Å². The molecular formula is C13H20N2S. The Balaban J connectivity index is 1.79. The molecule has 0 spiro atoms. The molecule has 1 aromatic rings. The predicted molar refractivity (Wildman–Crippen MR) is 69.0 cm³/mol. The molecule has 1 atom stereocenters. The van der Waals surface area contributed by atoms with Crippen LogP contribution in [0.4, 0.5) is 0 Å². The number of piperazine rings is 1. The summed E-state index contributed by atoms with van der Waals surface area (Å²) in [5, 5.41) is 3.45. The summed E-state index contributed by atoms with van der Waals surface area (Å²) in [6.45, 7) is 6.98. The van der Waals surface area contributed by atoms with Gasteiger partial charge in [0.15, 0.2) is 0 Å². The van der Waals surface area contributed by atoms with Gasteiger partial charge < -0.3 is 5.32 Å². The molecule has 2 nitrogen and oxygen atoms in total. The smallest absolute Gasteiger partial charge is 0.0470 e. The van der Waals surface area contributed by atoms with Crippen molar-refractivity contribution < 1.29 is 0 Å². The standard InChI is InChI=1S/C13H20N2S/c1-10-2-5-12(16-10)13(11-3-4-11)15-8-6-14-7-9-15/h2,5,11,13-14H,3-4,6-9H2,1H3/t13-/m0/s1. The second kappa shape index (κ2) is 4.47. The van der Waals surface area contributed by atoms with E-state index in [0.717, 1.165) is 25.0 Å². The fraction of sp³-hybridized carbons (Fsp3) is 0.692. The topological polar surface area (TPSA) is 15.3 Å². The molecule has 0 bridgehead atoms. The molecule has 2 aliphatic rings. The van der Waals surface area contributed by atoms with Gasteiger partial charge in [-0.3, -0.25) is 4.90 Å². The Morgan fingerprint density at radius 3 is 2.62 bits per heavy atom. The van der Waals surface area contributed by atoms with Gasteiger partial charge in [-0.05, 0) is 37.8 Å². The third-order valence-corrected chi connectivity index (χ3v) is 4.74. The van der Waals surface area contributed by atoms with E-state index in [9.17, 15) is 0 Å². The van der Waals surface area contributed by atoms with E-state index in [1.807, 2.05) is 11.3 Å². The first kappa shape index (κ1) is 10.8. The van der Waals surface area contributed by atoms with Crippen LogP contribution in [0.2, 0.25) is 0 Å². The predicted octanol–water partition coefficient (Wildman–Crippen LogP) is 2.41. The molecule has 1 aliphatic heterocycles. The third-order valence-electron chi connectivity index (χ3n) is 3.67. The van der Waals surface area contributed by atoms with E-state index >= 15 is 0 Å². The van der Waals surface area contributed by atoms with Gasteiger partial charge in [0.05, 0.1) is 0 Å². The Morgan fingerprint density at radius 2 is 2.06 bits per heavy atom. The summed E-state index contributed by atoms with van der Waals surface area (Å²) >= 11 is 2.00. The van der Waals surface area contributed by atoms with Gasteiger partial charge >= 0.3 is 0 Å². The SMILES string of the molecule is Cc1ccc([C@H](C2CC2)N2CCNCC2)s1. The molecule has 3 rings (SSSR count). The minimum Gasteiger partial charge on any atom is -0.314 e. The summed E-state index contributed by atoms with van der Waals surface area (Å²) in [5.41, 5.74) is 0. The number of nitrogens with zero attached hydrogens (tertiary/aromatic N) is 1. The molecule has 0 unspecified atom stereocenters. The molecule has 2 fully saturated rings. The van der Waals surface area contributed by atoms with Crippen molar-refractivity contribution >= 4 is 11.3 Å². The van der Waals surface area contributed by atoms with Crippen LogP contribution in [0.15, 0.2) is 12.1 Å². The lowest BCUT2D eigenvalue weighted by atomic mass is 10.1. The lowest BCUT2D eigenvalue weighted by Crippen LogP contribution is -2.45. The van der Waals surface area contributed by atoms with E-state index in [1.165, 1.54) is 30.8 Å². The van der Waals surface area contributed by atoms with Crippen LogP contribution in [-0.4, -0.2) is 31.1 Å². The molecule has 3 heteroatoms. The van der Waals surface area contributed by atoms with Crippen molar-refractivity contribution in [2.75, 3.05) is 26.2 Å². The maximum atomic E-state index is 3.45. The molecule has 0 radical (unpaired) electrons. The highest BCUT2D eigenvalue weighted by Gasteiger charge is 2.37. The van der Waals surface area contributed by atoms with Gasteiger partial charge in [0.25, 0.3) is 0 Å². The molecule has 88 valence electrons. The maximum absolute atomic E-state index is 3.45. The normalized spacial score (nSPS) is 24.6. The Hall–Kier alpha value is -0.380. The summed E-state index contributed by atoms with van der Waals surface area (Å²) in [5.74, 6) is 0.941. The zero-order valence-electron chi connectivity index (χ0n) is 9.91. The quantitative estimate of drug-likeness (QED) is 0.867. The first-order valence-corrected chi connectivity index (χ1v) is 7.17. The van der Waals surface area contributed by atoms with E-state index < -0.39 is 0 Å². The van der Waals surface area contributed by atoms with Crippen molar-refractivity contribution in [1.29, 1.82) is 0 Å². The number of thiophene rings is 1. The summed E-state index contributed by atoms with van der Waals surface area (Å²) in [4.78, 5) is 5.75. The molecule has 0 aromatic carbocycles. The zero-order chi connectivity index (χ0) is 11.0. The molecule has 1 N–H and O–H groups in total. The van der Waals surface area contributed by atoms with E-state index in [4.69, 9.17) is 0 Å². The van der Waals surface area contributed by atoms with Gasteiger partial charge in [-0.1, -0.05) is 0 Å². The van der Waals surface area contributed by atoms with E-state index in [2.05, 4.69) is 29.3 Å². The van der Waals surface area contributed by atoms with Crippen LogP contribution in [0.5, 0.6) is 0 Å². The second-order valence-corrected chi connectivity index (χ2v) is 6.34. The summed E-state index contributed by atoms with van der Waals surface area (Å²) in [7, 11) is 0. The zero-order valence-corrected chi connectivity index (χ0v) is 10.7. The Kier molecular flexibility index (Phi) is 3.01. The number of nitrogens with one attached hydrogen (secondary N) is 1. The Bertz CT molecular complexity index is 351. The van der Waals surface area contributed by atoms with Gasteiger partial charge in [0.2, 0.25) is 0 Å². The fourth-order valence-corrected chi connectivity index (χ4v) is 3.80. The lowest BCUT2D eigenvalue weighted by Gasteiger charge is -2.34. The average Bonchev–Trinajstić information content (AvgIpc) is 3.04. The van der Waals surface area contributed by atoms with E-state index in [0.29, 0.717) is 0 Å². The van der Waals surface area contributed by atoms with Crippen LogP contribution in [0.1, 0.15) is 28.6 Å². The Labute approximate surface area is 102 Å². The number of aryl methyl sites for hydroxylation is 1. The highest BCUT2D eigenvalue weighted by atomic mass is 32.1. The molecule has 1 aliphatic carbocycles. The molecule has 0 amide bonds. The number of hydrogen-bond donors (Lipinski definition) is 1. The van der Waals surface area contributed by atoms with Gasteiger partial charge in [0, 0.05) is 42.0 Å². The van der Waals surface area contributed by atoms with E-state index in [1.54, 1.807) is 4.88 Å². The summed E-state index contributed by atoms with van der Waals surface area (Å²) < 4.78 is 0. The Morgan fingerprint density at radius 1 is 1.31 bits per heavy atom. The van der Waals surface area contributed by atoms with Crippen molar-refractivity contribution in [3.8, 4) is 0 Å². The van der Waals surface area contributed by atoms with Crippen LogP contribution in [0, 0.1) is 12.8 Å². The second-order valence-electron chi connectivity index (χ2n) is 5.02. The van der Waals surface area contributed by atoms with Crippen LogP contribution in [-0.2, 0) is 0 Å². The van der Waals surface area contributed by atoms with E-state index in [-0.39, 0.29) is 0 Å². The molecule has 1 saturated heterocycles. The van der Waals surface area contributed by atoms with Crippen LogP contribution in [0.25, 0.3) is 0 Å². The van der Waals surface area contributed by atoms with Gasteiger partial charge in [-0.25, -0.2) is 0 Å². The molecular weight excluding hydrogens is 216 g/mol. The lowest BCUT2D eigenvalue weighted by molar-refractivity contribution is 0.158. The van der Waals surface area contributed by atoms with Crippen molar-refractivity contribution in [3.63, 3.8) is 0 Å². The first-order chi connectivity index (χ1) is 7.84. The van der Waals surface area contributed by atoms with Gasteiger partial charge in [-0.2, -0.15) is 0 Å². The minimum atomic E-state index is 0.723. The molecule has 16 heavy (non-hydrogen) atoms. The minimum absolute atomic E-state index is 0.723. The van der Waals surface area contributed by atoms with Crippen LogP contribution < -0.4 is 5.32 Å². The highest BCUT2D eigenvalue weighted by molar-refractivity contribution is 7.12. The monoisotopic (exact) mass is 236 g/mol. The number of rotatable bonds is 3. The van der Waals surface area contributed by atoms with Crippen molar-refractivity contribution in [2.24, 2.45) is 5.92 Å². The van der Waals surface area contributed by atoms with Gasteiger partial charge in [0.1, 0.15) is 0 Å². The average molecular weight is 236 g/mol. The van der Waals surface area contributed by atoms with Crippen molar-refractivity contribution in [2.45, 2.75) is 25.8 Å². The number of hydrogen-bond acceptors (Lipinski definition) is 3. The van der Waals surface area contributed by atoms with Crippen LogP contribution >= 0.6 is 11.3 Å². The largest absolute Gasteiger partial charge is 0.314 e. The van der Waals surface area contributed by atoms with Crippen LogP contribution in [0.3, 0.4) is 0 Å². The third kappa shape index (κ3) is 2.17.